The molecule has 0 fully saturated rings. The molecule has 0 heterocycles. The van der Waals surface area contributed by atoms with Crippen molar-refractivity contribution in [2.75, 3.05) is 19.6 Å². The summed E-state index contributed by atoms with van der Waals surface area (Å²) in [7, 11) is -4.98. The molecular weight excluding hydrogens is 449 g/mol. The maximum atomic E-state index is 13.6. The fourth-order valence-corrected chi connectivity index (χ4v) is 4.47. The van der Waals surface area contributed by atoms with E-state index in [0.29, 0.717) is 34.5 Å². The number of aliphatic hydroxyl groups is 6. The highest BCUT2D eigenvalue weighted by molar-refractivity contribution is 7.48. The molecule has 0 amide bonds. The normalized spacial score (nSPS) is 14.2. The molecule has 6 N–H and O–H groups in total. The molecule has 0 aromatic heterocycles. The fourth-order valence-electron chi connectivity index (χ4n) is 2.92. The average Bonchev–Trinajstić information content (AvgIpc) is 2.68. The van der Waals surface area contributed by atoms with Crippen molar-refractivity contribution < 1.29 is 49.1 Å². The third kappa shape index (κ3) is 9.55. The van der Waals surface area contributed by atoms with Crippen LogP contribution in [0, 0.1) is 0 Å². The third-order valence-corrected chi connectivity index (χ3v) is 5.60. The summed E-state index contributed by atoms with van der Waals surface area (Å²) in [5.41, 5.74) is 0. The molecule has 0 rings (SSSR count). The number of hydroxylamine groups is 6. The maximum absolute atomic E-state index is 13.6. The Kier molecular flexibility index (Phi) is 13.5. The highest BCUT2D eigenvalue weighted by Crippen LogP contribution is 2.54. The van der Waals surface area contributed by atoms with Gasteiger partial charge >= 0.3 is 7.82 Å². The lowest BCUT2D eigenvalue weighted by Crippen LogP contribution is -2.52. The molecule has 0 aromatic rings. The largest absolute Gasteiger partial charge is 0.525 e. The number of hydrogen-bond donors (Lipinski definition) is 6. The van der Waals surface area contributed by atoms with E-state index in [0.717, 1.165) is 0 Å². The Labute approximate surface area is 190 Å². The van der Waals surface area contributed by atoms with Crippen LogP contribution in [0.25, 0.3) is 0 Å². The average molecular weight is 492 g/mol. The van der Waals surface area contributed by atoms with Crippen LogP contribution in [0.3, 0.4) is 0 Å². The van der Waals surface area contributed by atoms with E-state index in [2.05, 4.69) is 0 Å². The van der Waals surface area contributed by atoms with E-state index in [-0.39, 0.29) is 38.9 Å². The van der Waals surface area contributed by atoms with Gasteiger partial charge in [0.2, 0.25) is 17.7 Å². The van der Waals surface area contributed by atoms with Crippen LogP contribution in [-0.4, -0.2) is 83.2 Å². The van der Waals surface area contributed by atoms with Crippen LogP contribution >= 0.6 is 7.82 Å². The molecule has 0 aliphatic heterocycles. The molecule has 0 spiro atoms. The molecule has 32 heavy (non-hydrogen) atoms. The lowest BCUT2D eigenvalue weighted by Gasteiger charge is -2.40. The Morgan fingerprint density at radius 3 is 0.938 bits per heavy atom. The predicted octanol–water partition coefficient (Wildman–Crippen LogP) is 1.17. The van der Waals surface area contributed by atoms with Gasteiger partial charge in [-0.3, -0.25) is 0 Å². The minimum absolute atomic E-state index is 0.182. The fraction of sp³-hybridized carbons (Fsp3) is 1.00. The van der Waals surface area contributed by atoms with Crippen molar-refractivity contribution in [1.82, 2.24) is 15.2 Å². The first-order valence-corrected chi connectivity index (χ1v) is 12.5. The van der Waals surface area contributed by atoms with Crippen LogP contribution < -0.4 is 0 Å². The number of hydrogen-bond acceptors (Lipinski definition) is 13. The van der Waals surface area contributed by atoms with Crippen LogP contribution in [0.2, 0.25) is 0 Å². The van der Waals surface area contributed by atoms with Crippen molar-refractivity contribution in [3.05, 3.63) is 0 Å². The van der Waals surface area contributed by atoms with Gasteiger partial charge in [-0.15, -0.1) is 15.2 Å². The van der Waals surface area contributed by atoms with Crippen molar-refractivity contribution in [3.63, 3.8) is 0 Å². The first kappa shape index (κ1) is 31.8. The lowest BCUT2D eigenvalue weighted by atomic mass is 10.2. The molecule has 13 nitrogen and oxygen atoms in total. The highest BCUT2D eigenvalue weighted by atomic mass is 31.2. The molecule has 0 aliphatic rings. The van der Waals surface area contributed by atoms with Crippen LogP contribution in [0.4, 0.5) is 0 Å². The molecular formula is C18H42N3O10P. The Hall–Kier alpha value is -0.250. The summed E-state index contributed by atoms with van der Waals surface area (Å²) in [6.07, 6.45) is 0.447. The van der Waals surface area contributed by atoms with E-state index in [9.17, 15) is 35.2 Å². The van der Waals surface area contributed by atoms with Crippen molar-refractivity contribution >= 4 is 7.82 Å². The first-order chi connectivity index (χ1) is 14.7. The van der Waals surface area contributed by atoms with E-state index in [1.807, 2.05) is 0 Å². The van der Waals surface area contributed by atoms with Crippen molar-refractivity contribution in [3.8, 4) is 0 Å². The van der Waals surface area contributed by atoms with Crippen molar-refractivity contribution in [1.29, 1.82) is 0 Å². The Balaban J connectivity index is 6.17. The molecule has 0 bridgehead atoms. The van der Waals surface area contributed by atoms with Crippen LogP contribution in [0.1, 0.15) is 80.1 Å². The standard InChI is InChI=1S/C18H42N3O10P/c1-7-13-16(22,23)19(10-4)29-32(28,30-20(11-5)17(24,25)14-8-2)31-21(12-6)18(26,27)15-9-3/h22-27H,7-15H2,1-6H3. The monoisotopic (exact) mass is 491 g/mol. The molecule has 0 atom stereocenters. The van der Waals surface area contributed by atoms with Gasteiger partial charge in [-0.05, 0) is 40.0 Å². The molecule has 0 aliphatic carbocycles. The van der Waals surface area contributed by atoms with Gasteiger partial charge in [-0.2, -0.15) is 13.9 Å². The maximum Gasteiger partial charge on any atom is 0.525 e. The summed E-state index contributed by atoms with van der Waals surface area (Å²) in [6.45, 7) is 8.96. The van der Waals surface area contributed by atoms with Crippen LogP contribution in [0.5, 0.6) is 0 Å². The quantitative estimate of drug-likeness (QED) is 0.0916. The summed E-state index contributed by atoms with van der Waals surface area (Å²) in [6, 6.07) is 0. The number of rotatable bonds is 18. The van der Waals surface area contributed by atoms with Gasteiger partial charge in [-0.1, -0.05) is 20.8 Å². The minimum atomic E-state index is -4.98. The SMILES string of the molecule is CCCC(O)(O)N(CC)OP(=O)(ON(CC)C(O)(O)CCC)ON(CC)C(O)(O)CCC. The highest BCUT2D eigenvalue weighted by Gasteiger charge is 2.48. The van der Waals surface area contributed by atoms with Crippen LogP contribution in [-0.2, 0) is 18.4 Å². The van der Waals surface area contributed by atoms with E-state index in [1.54, 1.807) is 20.8 Å². The Morgan fingerprint density at radius 1 is 0.562 bits per heavy atom. The molecule has 194 valence electrons. The molecule has 14 heteroatoms. The lowest BCUT2D eigenvalue weighted by molar-refractivity contribution is -0.394. The predicted molar refractivity (Wildman–Crippen MR) is 114 cm³/mol. The van der Waals surface area contributed by atoms with E-state index >= 15 is 0 Å². The van der Waals surface area contributed by atoms with E-state index < -0.39 is 25.6 Å². The van der Waals surface area contributed by atoms with Gasteiger partial charge < -0.3 is 30.6 Å². The topological polar surface area (TPSA) is 176 Å². The second kappa shape index (κ2) is 13.6. The van der Waals surface area contributed by atoms with Gasteiger partial charge in [0.15, 0.2) is 0 Å². The molecule has 0 saturated heterocycles. The zero-order valence-electron chi connectivity index (χ0n) is 20.0. The summed E-state index contributed by atoms with van der Waals surface area (Å²) in [4.78, 5) is 0. The molecule has 0 aromatic carbocycles. The zero-order chi connectivity index (χ0) is 25.2. The smallest absolute Gasteiger partial charge is 0.352 e. The second-order valence-corrected chi connectivity index (χ2v) is 8.73. The molecule has 0 radical (unpaired) electrons. The summed E-state index contributed by atoms with van der Waals surface area (Å²) in [5.74, 6) is -7.67. The molecule has 0 unspecified atom stereocenters. The van der Waals surface area contributed by atoms with Gasteiger partial charge in [0.25, 0.3) is 0 Å². The van der Waals surface area contributed by atoms with Gasteiger partial charge in [-0.25, -0.2) is 4.57 Å². The molecule has 0 saturated carbocycles. The third-order valence-electron chi connectivity index (χ3n) is 4.41. The summed E-state index contributed by atoms with van der Waals surface area (Å²) < 4.78 is 29.3. The number of phosphoric acid groups is 1. The van der Waals surface area contributed by atoms with Gasteiger partial charge in [0, 0.05) is 38.9 Å². The Morgan fingerprint density at radius 2 is 0.781 bits per heavy atom. The minimum Gasteiger partial charge on any atom is -0.352 e. The first-order valence-electron chi connectivity index (χ1n) is 11.0. The van der Waals surface area contributed by atoms with Crippen molar-refractivity contribution in [2.24, 2.45) is 0 Å². The second-order valence-electron chi connectivity index (χ2n) is 7.35. The van der Waals surface area contributed by atoms with Crippen LogP contribution in [0.15, 0.2) is 0 Å². The summed E-state index contributed by atoms with van der Waals surface area (Å²) >= 11 is 0. The number of nitrogens with zero attached hydrogens (tertiary/aromatic N) is 3. The Bertz CT molecular complexity index is 503. The van der Waals surface area contributed by atoms with Gasteiger partial charge in [0.05, 0.1) is 0 Å². The van der Waals surface area contributed by atoms with Gasteiger partial charge in [0.1, 0.15) is 0 Å². The van der Waals surface area contributed by atoms with E-state index in [4.69, 9.17) is 13.9 Å². The summed E-state index contributed by atoms with van der Waals surface area (Å²) in [5, 5.41) is 63.5. The van der Waals surface area contributed by atoms with Crippen molar-refractivity contribution in [2.45, 2.75) is 97.8 Å². The van der Waals surface area contributed by atoms with E-state index in [1.165, 1.54) is 20.8 Å². The zero-order valence-corrected chi connectivity index (χ0v) is 20.9.